The zero-order valence-corrected chi connectivity index (χ0v) is 20.9. The van der Waals surface area contributed by atoms with E-state index in [4.69, 9.17) is 16.3 Å². The molecule has 0 aliphatic carbocycles. The van der Waals surface area contributed by atoms with E-state index in [0.717, 1.165) is 29.8 Å². The molecular weight excluding hydrogens is 488 g/mol. The third kappa shape index (κ3) is 3.90. The number of hydrogen-bond donors (Lipinski definition) is 1. The van der Waals surface area contributed by atoms with Gasteiger partial charge < -0.3 is 9.64 Å². The second-order valence-corrected chi connectivity index (χ2v) is 10.4. The minimum Gasteiger partial charge on any atom is -0.495 e. The van der Waals surface area contributed by atoms with Crippen LogP contribution in [0.4, 0.5) is 11.4 Å². The van der Waals surface area contributed by atoms with Crippen molar-refractivity contribution in [3.05, 3.63) is 65.4 Å². The maximum absolute atomic E-state index is 13.4. The lowest BCUT2D eigenvalue weighted by atomic mass is 9.98. The molecule has 10 heteroatoms. The Labute approximate surface area is 208 Å². The normalized spacial score (nSPS) is 13.0. The van der Waals surface area contributed by atoms with Crippen molar-refractivity contribution in [1.29, 1.82) is 0 Å². The third-order valence-electron chi connectivity index (χ3n) is 6.07. The average Bonchev–Trinajstić information content (AvgIpc) is 3.40. The molecule has 0 spiro atoms. The van der Waals surface area contributed by atoms with Gasteiger partial charge in [-0.3, -0.25) is 14.2 Å². The van der Waals surface area contributed by atoms with Gasteiger partial charge in [-0.2, -0.15) is 5.10 Å². The number of rotatable bonds is 7. The molecule has 1 amide bonds. The molecule has 0 saturated carbocycles. The Bertz CT molecular complexity index is 1600. The Hall–Kier alpha value is -3.56. The van der Waals surface area contributed by atoms with E-state index in [-0.39, 0.29) is 16.6 Å². The lowest BCUT2D eigenvalue weighted by molar-refractivity contribution is 0.0999. The van der Waals surface area contributed by atoms with Crippen LogP contribution in [0.25, 0.3) is 21.9 Å². The number of anilines is 2. The van der Waals surface area contributed by atoms with Crippen molar-refractivity contribution in [2.24, 2.45) is 0 Å². The molecule has 1 aliphatic heterocycles. The number of carbonyl (C=O) groups is 1. The molecule has 4 aromatic rings. The van der Waals surface area contributed by atoms with E-state index in [9.17, 15) is 13.2 Å². The Morgan fingerprint density at radius 2 is 1.91 bits per heavy atom. The van der Waals surface area contributed by atoms with E-state index in [1.165, 1.54) is 25.3 Å². The first-order valence-electron chi connectivity index (χ1n) is 11.0. The van der Waals surface area contributed by atoms with Gasteiger partial charge in [0.2, 0.25) is 0 Å². The number of ether oxygens (including phenoxy) is 1. The van der Waals surface area contributed by atoms with Crippen molar-refractivity contribution in [3.63, 3.8) is 0 Å². The Kier molecular flexibility index (Phi) is 5.69. The number of methoxy groups -OCH3 is 1. The van der Waals surface area contributed by atoms with E-state index in [1.807, 2.05) is 23.0 Å². The Morgan fingerprint density at radius 3 is 2.66 bits per heavy atom. The number of nitrogens with zero attached hydrogens (tertiary/aromatic N) is 3. The molecule has 3 aromatic carbocycles. The van der Waals surface area contributed by atoms with Gasteiger partial charge in [-0.15, -0.1) is 0 Å². The van der Waals surface area contributed by atoms with Gasteiger partial charge in [-0.05, 0) is 48.4 Å². The first kappa shape index (κ1) is 23.2. The zero-order valence-electron chi connectivity index (χ0n) is 19.4. The smallest absolute Gasteiger partial charge is 0.265 e. The highest BCUT2D eigenvalue weighted by atomic mass is 35.5. The van der Waals surface area contributed by atoms with Crippen LogP contribution in [0.3, 0.4) is 0 Å². The molecule has 0 bridgehead atoms. The molecule has 0 saturated heterocycles. The van der Waals surface area contributed by atoms with Gasteiger partial charge in [0.05, 0.1) is 30.2 Å². The number of aryl methyl sites for hydroxylation is 1. The second-order valence-electron chi connectivity index (χ2n) is 8.34. The molecule has 1 aliphatic rings. The summed E-state index contributed by atoms with van der Waals surface area (Å²) < 4.78 is 36.5. The van der Waals surface area contributed by atoms with E-state index in [2.05, 4.69) is 16.7 Å². The highest BCUT2D eigenvalue weighted by Gasteiger charge is 2.30. The SMILES string of the molecule is CCCn1cc(-c2cc3c4c(ccc(NS(=O)(=O)c5ccc(Cl)cc5OC)c4c2)N(C)C3=O)cn1. The number of benzene rings is 3. The highest BCUT2D eigenvalue weighted by molar-refractivity contribution is 7.92. The fourth-order valence-electron chi connectivity index (χ4n) is 4.39. The molecule has 0 atom stereocenters. The van der Waals surface area contributed by atoms with Gasteiger partial charge in [0.1, 0.15) is 10.6 Å². The largest absolute Gasteiger partial charge is 0.495 e. The van der Waals surface area contributed by atoms with E-state index < -0.39 is 10.0 Å². The maximum atomic E-state index is 13.4. The summed E-state index contributed by atoms with van der Waals surface area (Å²) in [5.41, 5.74) is 3.22. The molecule has 1 aromatic heterocycles. The molecule has 8 nitrogen and oxygen atoms in total. The van der Waals surface area contributed by atoms with Gasteiger partial charge in [0, 0.05) is 47.2 Å². The average molecular weight is 511 g/mol. The van der Waals surface area contributed by atoms with Gasteiger partial charge >= 0.3 is 0 Å². The number of aromatic nitrogens is 2. The first-order valence-corrected chi connectivity index (χ1v) is 12.9. The second kappa shape index (κ2) is 8.58. The summed E-state index contributed by atoms with van der Waals surface area (Å²) in [4.78, 5) is 14.6. The molecule has 35 heavy (non-hydrogen) atoms. The fraction of sp³-hybridized carbons (Fsp3) is 0.200. The van der Waals surface area contributed by atoms with Crippen molar-refractivity contribution in [1.82, 2.24) is 9.78 Å². The van der Waals surface area contributed by atoms with Crippen LogP contribution in [0.2, 0.25) is 5.02 Å². The summed E-state index contributed by atoms with van der Waals surface area (Å²) in [5.74, 6) is -0.0120. The lowest BCUT2D eigenvalue weighted by Crippen LogP contribution is -2.20. The molecule has 180 valence electrons. The number of nitrogens with one attached hydrogen (secondary N) is 1. The first-order chi connectivity index (χ1) is 16.7. The van der Waals surface area contributed by atoms with Gasteiger partial charge in [-0.25, -0.2) is 8.42 Å². The summed E-state index contributed by atoms with van der Waals surface area (Å²) in [5, 5.41) is 6.08. The van der Waals surface area contributed by atoms with Crippen LogP contribution in [0.5, 0.6) is 5.75 Å². The van der Waals surface area contributed by atoms with Crippen LogP contribution in [-0.2, 0) is 16.6 Å². The molecule has 5 rings (SSSR count). The van der Waals surface area contributed by atoms with Crippen molar-refractivity contribution in [3.8, 4) is 16.9 Å². The fourth-order valence-corrected chi connectivity index (χ4v) is 5.78. The van der Waals surface area contributed by atoms with Crippen LogP contribution in [0, 0.1) is 0 Å². The predicted octanol–water partition coefficient (Wildman–Crippen LogP) is 5.17. The summed E-state index contributed by atoms with van der Waals surface area (Å²) in [7, 11) is -0.934. The number of sulfonamides is 1. The number of hydrogen-bond acceptors (Lipinski definition) is 5. The molecule has 0 unspecified atom stereocenters. The number of halogens is 1. The highest BCUT2D eigenvalue weighted by Crippen LogP contribution is 2.43. The van der Waals surface area contributed by atoms with E-state index >= 15 is 0 Å². The van der Waals surface area contributed by atoms with Crippen LogP contribution in [0.1, 0.15) is 23.7 Å². The van der Waals surface area contributed by atoms with Crippen LogP contribution in [-0.4, -0.2) is 38.3 Å². The van der Waals surface area contributed by atoms with Crippen molar-refractivity contribution >= 4 is 49.7 Å². The maximum Gasteiger partial charge on any atom is 0.265 e. The molecule has 1 N–H and O–H groups in total. The Morgan fingerprint density at radius 1 is 1.11 bits per heavy atom. The van der Waals surface area contributed by atoms with Crippen LogP contribution < -0.4 is 14.4 Å². The number of carbonyl (C=O) groups excluding carboxylic acids is 1. The molecule has 2 heterocycles. The predicted molar refractivity (Wildman–Crippen MR) is 137 cm³/mol. The van der Waals surface area contributed by atoms with E-state index in [1.54, 1.807) is 30.3 Å². The van der Waals surface area contributed by atoms with Crippen LogP contribution in [0.15, 0.2) is 59.8 Å². The topological polar surface area (TPSA) is 93.5 Å². The van der Waals surface area contributed by atoms with Crippen molar-refractivity contribution in [2.75, 3.05) is 23.8 Å². The van der Waals surface area contributed by atoms with E-state index in [0.29, 0.717) is 27.0 Å². The minimum atomic E-state index is -4.03. The summed E-state index contributed by atoms with van der Waals surface area (Å²) >= 11 is 6.01. The minimum absolute atomic E-state index is 0.0399. The number of amides is 1. The molecule has 0 fully saturated rings. The molecular formula is C25H23ClN4O4S. The van der Waals surface area contributed by atoms with Crippen molar-refractivity contribution < 1.29 is 17.9 Å². The summed E-state index contributed by atoms with van der Waals surface area (Å²) in [6.07, 6.45) is 4.61. The quantitative estimate of drug-likeness (QED) is 0.370. The van der Waals surface area contributed by atoms with Crippen LogP contribution >= 0.6 is 11.6 Å². The zero-order chi connectivity index (χ0) is 24.9. The third-order valence-corrected chi connectivity index (χ3v) is 7.71. The molecule has 0 radical (unpaired) electrons. The van der Waals surface area contributed by atoms with Crippen molar-refractivity contribution in [2.45, 2.75) is 24.8 Å². The lowest BCUT2D eigenvalue weighted by Gasteiger charge is -2.15. The standard InChI is InChI=1S/C25H23ClN4O4S/c1-4-9-30-14-16(13-27-30)15-10-18-20(6-7-21-24(18)19(11-15)25(31)29(21)2)28-35(32,33)23-8-5-17(26)12-22(23)34-3/h5-8,10-14,28H,4,9H2,1-3H3. The van der Waals surface area contributed by atoms with Gasteiger partial charge in [0.25, 0.3) is 15.9 Å². The Balaban J connectivity index is 1.67. The summed E-state index contributed by atoms with van der Waals surface area (Å²) in [6.45, 7) is 2.85. The monoisotopic (exact) mass is 510 g/mol. The summed E-state index contributed by atoms with van der Waals surface area (Å²) in [6, 6.07) is 11.5. The van der Waals surface area contributed by atoms with Gasteiger partial charge in [-0.1, -0.05) is 18.5 Å². The van der Waals surface area contributed by atoms with Gasteiger partial charge in [0.15, 0.2) is 0 Å².